The molecule has 2 rings (SSSR count). The largest absolute Gasteiger partial charge is 0.383 e. The third-order valence-corrected chi connectivity index (χ3v) is 2.90. The number of methoxy groups -OCH3 is 1. The molecule has 0 aliphatic rings. The molecule has 0 aliphatic heterocycles. The molecule has 0 fully saturated rings. The number of hydrogen-bond donors (Lipinski definition) is 3. The Kier molecular flexibility index (Phi) is 4.57. The van der Waals surface area contributed by atoms with E-state index in [1.807, 2.05) is 19.1 Å². The monoisotopic (exact) mass is 275 g/mol. The maximum atomic E-state index is 5.81. The number of imidazole rings is 1. The zero-order valence-corrected chi connectivity index (χ0v) is 12.1. The van der Waals surface area contributed by atoms with Crippen molar-refractivity contribution in [3.05, 3.63) is 29.6 Å². The van der Waals surface area contributed by atoms with Crippen molar-refractivity contribution in [2.24, 2.45) is 10.7 Å². The molecule has 1 heterocycles. The van der Waals surface area contributed by atoms with Gasteiger partial charge in [-0.1, -0.05) is 6.07 Å². The van der Waals surface area contributed by atoms with Crippen molar-refractivity contribution >= 4 is 17.0 Å². The number of hydrogen-bond acceptors (Lipinski definition) is 3. The van der Waals surface area contributed by atoms with Crippen LogP contribution >= 0.6 is 0 Å². The number of nitrogens with two attached hydrogens (primary N) is 1. The van der Waals surface area contributed by atoms with E-state index in [9.17, 15) is 0 Å². The first kappa shape index (κ1) is 14.3. The number of aromatic amines is 1. The van der Waals surface area contributed by atoms with Gasteiger partial charge in [-0.3, -0.25) is 0 Å². The van der Waals surface area contributed by atoms with E-state index in [4.69, 9.17) is 10.5 Å². The molecule has 0 amide bonds. The van der Waals surface area contributed by atoms with Gasteiger partial charge in [-0.25, -0.2) is 9.98 Å². The molecule has 0 bridgehead atoms. The van der Waals surface area contributed by atoms with Crippen LogP contribution in [0.15, 0.2) is 23.2 Å². The summed E-state index contributed by atoms with van der Waals surface area (Å²) in [5.41, 5.74) is 8.98. The van der Waals surface area contributed by atoms with Crippen molar-refractivity contribution in [2.75, 3.05) is 13.7 Å². The Morgan fingerprint density at radius 3 is 3.10 bits per heavy atom. The van der Waals surface area contributed by atoms with Gasteiger partial charge in [0.05, 0.1) is 17.6 Å². The zero-order valence-electron chi connectivity index (χ0n) is 12.1. The minimum absolute atomic E-state index is 0.127. The number of ether oxygens (including phenoxy) is 1. The van der Waals surface area contributed by atoms with E-state index in [2.05, 4.69) is 33.3 Å². The summed E-state index contributed by atoms with van der Waals surface area (Å²) < 4.78 is 5.03. The predicted molar refractivity (Wildman–Crippen MR) is 80.6 cm³/mol. The highest BCUT2D eigenvalue weighted by atomic mass is 16.5. The Bertz CT molecular complexity index is 605. The number of aromatic nitrogens is 2. The Morgan fingerprint density at radius 2 is 2.35 bits per heavy atom. The van der Waals surface area contributed by atoms with E-state index in [0.717, 1.165) is 16.9 Å². The van der Waals surface area contributed by atoms with Gasteiger partial charge in [0.2, 0.25) is 0 Å². The van der Waals surface area contributed by atoms with E-state index in [0.29, 0.717) is 19.1 Å². The summed E-state index contributed by atoms with van der Waals surface area (Å²) in [6, 6.07) is 6.23. The van der Waals surface area contributed by atoms with E-state index in [-0.39, 0.29) is 6.04 Å². The van der Waals surface area contributed by atoms with Crippen LogP contribution in [-0.4, -0.2) is 35.7 Å². The molecular formula is C14H21N5O. The molecule has 6 heteroatoms. The molecule has 0 saturated heterocycles. The molecule has 1 aromatic heterocycles. The molecule has 6 nitrogen and oxygen atoms in total. The molecule has 0 saturated carbocycles. The Hall–Kier alpha value is -2.08. The van der Waals surface area contributed by atoms with Crippen molar-refractivity contribution in [3.8, 4) is 0 Å². The number of aliphatic imine (C=N–C) groups is 1. The Morgan fingerprint density at radius 1 is 1.55 bits per heavy atom. The van der Waals surface area contributed by atoms with E-state index >= 15 is 0 Å². The van der Waals surface area contributed by atoms with Gasteiger partial charge in [0.1, 0.15) is 12.4 Å². The molecule has 0 spiro atoms. The number of H-pyrrole nitrogens is 1. The average Bonchev–Trinajstić information content (AvgIpc) is 2.78. The number of benzene rings is 1. The van der Waals surface area contributed by atoms with Gasteiger partial charge in [-0.15, -0.1) is 0 Å². The average molecular weight is 275 g/mol. The molecule has 2 aromatic rings. The normalized spacial score (nSPS) is 13.7. The van der Waals surface area contributed by atoms with Crippen molar-refractivity contribution in [1.82, 2.24) is 15.3 Å². The summed E-state index contributed by atoms with van der Waals surface area (Å²) in [4.78, 5) is 12.0. The highest BCUT2D eigenvalue weighted by Gasteiger charge is 2.04. The molecule has 0 aliphatic carbocycles. The lowest BCUT2D eigenvalue weighted by Gasteiger charge is -2.12. The number of guanidine groups is 1. The highest BCUT2D eigenvalue weighted by Crippen LogP contribution is 2.13. The lowest BCUT2D eigenvalue weighted by atomic mass is 10.2. The fourth-order valence-corrected chi connectivity index (χ4v) is 2.00. The second-order valence-electron chi connectivity index (χ2n) is 4.91. The zero-order chi connectivity index (χ0) is 14.5. The van der Waals surface area contributed by atoms with Gasteiger partial charge in [0.15, 0.2) is 5.96 Å². The van der Waals surface area contributed by atoms with Crippen LogP contribution in [0.1, 0.15) is 18.3 Å². The predicted octanol–water partition coefficient (Wildman–Crippen LogP) is 1.31. The summed E-state index contributed by atoms with van der Waals surface area (Å²) in [6.07, 6.45) is 0. The van der Waals surface area contributed by atoms with Crippen LogP contribution in [0.25, 0.3) is 11.0 Å². The molecule has 4 N–H and O–H groups in total. The first-order valence-electron chi connectivity index (χ1n) is 6.59. The van der Waals surface area contributed by atoms with E-state index < -0.39 is 0 Å². The van der Waals surface area contributed by atoms with E-state index in [1.54, 1.807) is 7.11 Å². The first-order chi connectivity index (χ1) is 9.58. The second-order valence-corrected chi connectivity index (χ2v) is 4.91. The maximum absolute atomic E-state index is 5.81. The number of rotatable bonds is 5. The molecule has 1 aromatic carbocycles. The van der Waals surface area contributed by atoms with Crippen molar-refractivity contribution in [2.45, 2.75) is 26.4 Å². The van der Waals surface area contributed by atoms with Gasteiger partial charge in [0, 0.05) is 13.2 Å². The van der Waals surface area contributed by atoms with Crippen LogP contribution in [0.5, 0.6) is 0 Å². The lowest BCUT2D eigenvalue weighted by molar-refractivity contribution is 0.179. The van der Waals surface area contributed by atoms with Gasteiger partial charge >= 0.3 is 0 Å². The molecule has 1 unspecified atom stereocenters. The standard InChI is InChI=1S/C14H21N5O/c1-9-4-5-11-12(6-9)19-13(18-11)7-16-14(15)17-10(2)8-20-3/h4-6,10H,7-8H2,1-3H3,(H,18,19)(H3,15,16,17). The van der Waals surface area contributed by atoms with Crippen LogP contribution in [0, 0.1) is 6.92 Å². The van der Waals surface area contributed by atoms with Crippen LogP contribution < -0.4 is 11.1 Å². The number of nitrogens with one attached hydrogen (secondary N) is 2. The number of fused-ring (bicyclic) bond motifs is 1. The summed E-state index contributed by atoms with van der Waals surface area (Å²) >= 11 is 0. The minimum atomic E-state index is 0.127. The van der Waals surface area contributed by atoms with Crippen LogP contribution in [0.4, 0.5) is 0 Å². The van der Waals surface area contributed by atoms with E-state index in [1.165, 1.54) is 5.56 Å². The maximum Gasteiger partial charge on any atom is 0.189 e. The van der Waals surface area contributed by atoms with Crippen LogP contribution in [-0.2, 0) is 11.3 Å². The summed E-state index contributed by atoms with van der Waals surface area (Å²) in [6.45, 7) is 5.04. The summed E-state index contributed by atoms with van der Waals surface area (Å²) in [7, 11) is 1.65. The molecule has 108 valence electrons. The Balaban J connectivity index is 2.01. The number of aryl methyl sites for hydroxylation is 1. The van der Waals surface area contributed by atoms with Crippen LogP contribution in [0.3, 0.4) is 0 Å². The molecule has 0 radical (unpaired) electrons. The quantitative estimate of drug-likeness (QED) is 0.567. The van der Waals surface area contributed by atoms with Crippen molar-refractivity contribution in [1.29, 1.82) is 0 Å². The molecular weight excluding hydrogens is 254 g/mol. The van der Waals surface area contributed by atoms with Crippen molar-refractivity contribution in [3.63, 3.8) is 0 Å². The lowest BCUT2D eigenvalue weighted by Crippen LogP contribution is -2.40. The molecule has 20 heavy (non-hydrogen) atoms. The fourth-order valence-electron chi connectivity index (χ4n) is 2.00. The topological polar surface area (TPSA) is 88.3 Å². The summed E-state index contributed by atoms with van der Waals surface area (Å²) in [5.74, 6) is 1.20. The third-order valence-electron chi connectivity index (χ3n) is 2.90. The first-order valence-corrected chi connectivity index (χ1v) is 6.59. The minimum Gasteiger partial charge on any atom is -0.383 e. The second kappa shape index (κ2) is 6.38. The third kappa shape index (κ3) is 3.71. The van der Waals surface area contributed by atoms with Gasteiger partial charge in [-0.2, -0.15) is 0 Å². The van der Waals surface area contributed by atoms with Gasteiger partial charge in [-0.05, 0) is 31.5 Å². The van der Waals surface area contributed by atoms with Gasteiger partial charge in [0.25, 0.3) is 0 Å². The SMILES string of the molecule is COCC(C)NC(N)=NCc1nc2ccc(C)cc2[nH]1. The molecule has 1 atom stereocenters. The number of nitrogens with zero attached hydrogens (tertiary/aromatic N) is 2. The van der Waals surface area contributed by atoms with Crippen molar-refractivity contribution < 1.29 is 4.74 Å². The van der Waals surface area contributed by atoms with Crippen LogP contribution in [0.2, 0.25) is 0 Å². The summed E-state index contributed by atoms with van der Waals surface area (Å²) in [5, 5.41) is 3.05. The highest BCUT2D eigenvalue weighted by molar-refractivity contribution is 5.78. The smallest absolute Gasteiger partial charge is 0.189 e. The fraction of sp³-hybridized carbons (Fsp3) is 0.429. The Labute approximate surface area is 118 Å². The van der Waals surface area contributed by atoms with Gasteiger partial charge < -0.3 is 20.8 Å².